The number of amides is 1. The van der Waals surface area contributed by atoms with E-state index in [4.69, 9.17) is 4.84 Å². The van der Waals surface area contributed by atoms with Crippen molar-refractivity contribution in [3.8, 4) is 0 Å². The number of nitrogens with zero attached hydrogens (tertiary/aromatic N) is 2. The van der Waals surface area contributed by atoms with Crippen molar-refractivity contribution in [1.82, 2.24) is 5.32 Å². The summed E-state index contributed by atoms with van der Waals surface area (Å²) in [4.78, 5) is 28.0. The zero-order chi connectivity index (χ0) is 17.9. The molecular weight excluding hydrogens is 342 g/mol. The molecule has 1 N–H and O–H groups in total. The minimum Gasteiger partial charge on any atom is -0.386 e. The molecule has 2 aromatic rings. The Bertz CT molecular complexity index is 738. The molecule has 0 aliphatic carbocycles. The van der Waals surface area contributed by atoms with Gasteiger partial charge in [0.1, 0.15) is 0 Å². The van der Waals surface area contributed by atoms with Crippen molar-refractivity contribution >= 4 is 29.6 Å². The van der Waals surface area contributed by atoms with Gasteiger partial charge in [0.05, 0.1) is 16.7 Å². The Hall–Kier alpha value is -2.87. The normalized spacial score (nSPS) is 10.6. The highest BCUT2D eigenvalue weighted by molar-refractivity contribution is 7.99. The van der Waals surface area contributed by atoms with E-state index in [1.54, 1.807) is 30.0 Å². The number of carbonyl (C=O) groups excluding carboxylic acids is 1. The smallest absolute Gasteiger partial charge is 0.278 e. The number of nitro benzene ring substituents is 1. The minimum atomic E-state index is -0.502. The van der Waals surface area contributed by atoms with Crippen LogP contribution in [-0.4, -0.2) is 35.9 Å². The molecule has 0 radical (unpaired) electrons. The van der Waals surface area contributed by atoms with Crippen molar-refractivity contribution in [3.63, 3.8) is 0 Å². The number of nitrogens with one attached hydrogen (secondary N) is 1. The number of nitro groups is 1. The lowest BCUT2D eigenvalue weighted by Gasteiger charge is -2.04. The second-order valence-corrected chi connectivity index (χ2v) is 6.00. The molecule has 8 heteroatoms. The van der Waals surface area contributed by atoms with Crippen LogP contribution >= 0.6 is 11.8 Å². The van der Waals surface area contributed by atoms with Crippen molar-refractivity contribution in [1.29, 1.82) is 0 Å². The fraction of sp³-hybridized carbons (Fsp3) is 0.176. The van der Waals surface area contributed by atoms with Gasteiger partial charge < -0.3 is 10.2 Å². The molecule has 0 bridgehead atoms. The molecule has 0 atom stereocenters. The summed E-state index contributed by atoms with van der Waals surface area (Å²) in [6.45, 7) is 0.267. The van der Waals surface area contributed by atoms with Crippen LogP contribution in [0.4, 0.5) is 5.69 Å². The maximum atomic E-state index is 11.6. The second kappa shape index (κ2) is 10.1. The van der Waals surface area contributed by atoms with Gasteiger partial charge in [-0.1, -0.05) is 35.5 Å². The standard InChI is InChI=1S/C17H17N3O4S/c21-17(18-10-11-25-15-7-2-1-3-8-15)13-24-19-12-14-6-4-5-9-16(14)20(22)23/h1-9,12H,10-11,13H2,(H,18,21)/b19-12+. The van der Waals surface area contributed by atoms with Crippen molar-refractivity contribution < 1.29 is 14.6 Å². The van der Waals surface area contributed by atoms with Crippen molar-refractivity contribution in [2.24, 2.45) is 5.16 Å². The summed E-state index contributed by atoms with van der Waals surface area (Å²) >= 11 is 1.64. The van der Waals surface area contributed by atoms with Crippen LogP contribution in [0.1, 0.15) is 5.56 Å². The molecular formula is C17H17N3O4S. The molecule has 1 amide bonds. The van der Waals surface area contributed by atoms with Gasteiger partial charge in [-0.05, 0) is 18.2 Å². The van der Waals surface area contributed by atoms with Crippen LogP contribution in [0.5, 0.6) is 0 Å². The van der Waals surface area contributed by atoms with Crippen LogP contribution < -0.4 is 5.32 Å². The summed E-state index contributed by atoms with van der Waals surface area (Å²) in [6, 6.07) is 16.0. The lowest BCUT2D eigenvalue weighted by atomic mass is 10.2. The Labute approximate surface area is 149 Å². The first-order chi connectivity index (χ1) is 12.2. The lowest BCUT2D eigenvalue weighted by molar-refractivity contribution is -0.385. The van der Waals surface area contributed by atoms with E-state index < -0.39 is 4.92 Å². The highest BCUT2D eigenvalue weighted by atomic mass is 32.2. The molecule has 25 heavy (non-hydrogen) atoms. The molecule has 130 valence electrons. The number of rotatable bonds is 9. The first-order valence-corrected chi connectivity index (χ1v) is 8.48. The van der Waals surface area contributed by atoms with E-state index in [1.165, 1.54) is 12.3 Å². The summed E-state index contributed by atoms with van der Waals surface area (Å²) in [5.74, 6) is 0.447. The molecule has 0 spiro atoms. The largest absolute Gasteiger partial charge is 0.386 e. The van der Waals surface area contributed by atoms with Gasteiger partial charge in [-0.15, -0.1) is 11.8 Å². The van der Waals surface area contributed by atoms with E-state index >= 15 is 0 Å². The number of oxime groups is 1. The van der Waals surface area contributed by atoms with Gasteiger partial charge in [-0.2, -0.15) is 0 Å². The Morgan fingerprint density at radius 3 is 2.68 bits per heavy atom. The highest BCUT2D eigenvalue weighted by Crippen LogP contribution is 2.16. The van der Waals surface area contributed by atoms with Gasteiger partial charge in [0, 0.05) is 23.3 Å². The van der Waals surface area contributed by atoms with Crippen molar-refractivity contribution in [2.75, 3.05) is 18.9 Å². The third-order valence-corrected chi connectivity index (χ3v) is 4.05. The summed E-state index contributed by atoms with van der Waals surface area (Å²) in [7, 11) is 0. The average molecular weight is 359 g/mol. The van der Waals surface area contributed by atoms with E-state index in [9.17, 15) is 14.9 Å². The third kappa shape index (κ3) is 6.64. The molecule has 0 aliphatic heterocycles. The summed E-state index contributed by atoms with van der Waals surface area (Å²) in [5.41, 5.74) is 0.240. The maximum Gasteiger partial charge on any atom is 0.278 e. The summed E-state index contributed by atoms with van der Waals surface area (Å²) in [5, 5.41) is 17.2. The van der Waals surface area contributed by atoms with E-state index in [1.807, 2.05) is 30.3 Å². The van der Waals surface area contributed by atoms with Crippen LogP contribution in [0.3, 0.4) is 0 Å². The van der Waals surface area contributed by atoms with Gasteiger partial charge in [-0.25, -0.2) is 0 Å². The molecule has 7 nitrogen and oxygen atoms in total. The Kier molecular flexibility index (Phi) is 7.45. The van der Waals surface area contributed by atoms with Crippen molar-refractivity contribution in [3.05, 3.63) is 70.3 Å². The lowest BCUT2D eigenvalue weighted by Crippen LogP contribution is -2.28. The van der Waals surface area contributed by atoms with Gasteiger partial charge in [-0.3, -0.25) is 14.9 Å². The zero-order valence-corrected chi connectivity index (χ0v) is 14.1. The quantitative estimate of drug-likeness (QED) is 0.244. The zero-order valence-electron chi connectivity index (χ0n) is 13.3. The van der Waals surface area contributed by atoms with Gasteiger partial charge in [0.2, 0.25) is 0 Å². The molecule has 2 aromatic carbocycles. The Morgan fingerprint density at radius 1 is 1.20 bits per heavy atom. The first-order valence-electron chi connectivity index (χ1n) is 7.50. The monoisotopic (exact) mass is 359 g/mol. The molecule has 0 aliphatic rings. The van der Waals surface area contributed by atoms with Gasteiger partial charge in [0.25, 0.3) is 11.6 Å². The predicted molar refractivity (Wildman–Crippen MR) is 96.8 cm³/mol. The number of hydrogen-bond acceptors (Lipinski definition) is 6. The first kappa shape index (κ1) is 18.5. The predicted octanol–water partition coefficient (Wildman–Crippen LogP) is 2.85. The fourth-order valence-corrected chi connectivity index (χ4v) is 2.67. The van der Waals surface area contributed by atoms with E-state index in [-0.39, 0.29) is 18.2 Å². The highest BCUT2D eigenvalue weighted by Gasteiger charge is 2.10. The molecule has 0 fully saturated rings. The van der Waals surface area contributed by atoms with Crippen LogP contribution in [-0.2, 0) is 9.63 Å². The Balaban J connectivity index is 1.66. The maximum absolute atomic E-state index is 11.6. The second-order valence-electron chi connectivity index (χ2n) is 4.84. The number of benzene rings is 2. The van der Waals surface area contributed by atoms with Crippen LogP contribution in [0.2, 0.25) is 0 Å². The van der Waals surface area contributed by atoms with Gasteiger partial charge in [0.15, 0.2) is 6.61 Å². The molecule has 0 aromatic heterocycles. The summed E-state index contributed by atoms with van der Waals surface area (Å²) in [6.07, 6.45) is 1.22. The van der Waals surface area contributed by atoms with E-state index in [2.05, 4.69) is 10.5 Å². The molecule has 0 heterocycles. The molecule has 0 saturated carbocycles. The van der Waals surface area contributed by atoms with Crippen LogP contribution in [0.15, 0.2) is 64.6 Å². The van der Waals surface area contributed by atoms with Crippen molar-refractivity contribution in [2.45, 2.75) is 4.90 Å². The van der Waals surface area contributed by atoms with E-state index in [0.717, 1.165) is 10.6 Å². The number of hydrogen-bond donors (Lipinski definition) is 1. The molecule has 2 rings (SSSR count). The number of para-hydroxylation sites is 1. The summed E-state index contributed by atoms with van der Waals surface area (Å²) < 4.78 is 0. The number of carbonyl (C=O) groups is 1. The number of thioether (sulfide) groups is 1. The Morgan fingerprint density at radius 2 is 1.92 bits per heavy atom. The average Bonchev–Trinajstić information content (AvgIpc) is 2.63. The third-order valence-electron chi connectivity index (χ3n) is 3.03. The SMILES string of the molecule is O=C(CO/N=C/c1ccccc1[N+](=O)[O-])NCCSc1ccccc1. The van der Waals surface area contributed by atoms with Gasteiger partial charge >= 0.3 is 0 Å². The van der Waals surface area contributed by atoms with E-state index in [0.29, 0.717) is 12.1 Å². The minimum absolute atomic E-state index is 0.0720. The fourth-order valence-electron chi connectivity index (χ4n) is 1.88. The van der Waals surface area contributed by atoms with Crippen LogP contribution in [0, 0.1) is 10.1 Å². The molecule has 0 unspecified atom stereocenters. The topological polar surface area (TPSA) is 93.8 Å². The van der Waals surface area contributed by atoms with Crippen LogP contribution in [0.25, 0.3) is 0 Å². The molecule has 0 saturated heterocycles.